The van der Waals surface area contributed by atoms with Crippen LogP contribution in [0.3, 0.4) is 0 Å². The molecule has 1 aromatic heterocycles. The zero-order valence-electron chi connectivity index (χ0n) is 18.8. The van der Waals surface area contributed by atoms with Gasteiger partial charge in [0.05, 0.1) is 7.11 Å². The highest BCUT2D eigenvalue weighted by Crippen LogP contribution is 2.37. The highest BCUT2D eigenvalue weighted by atomic mass is 16.5. The van der Waals surface area contributed by atoms with E-state index >= 15 is 0 Å². The van der Waals surface area contributed by atoms with Gasteiger partial charge in [-0.3, -0.25) is 9.59 Å². The Morgan fingerprint density at radius 2 is 1.84 bits per heavy atom. The minimum Gasteiger partial charge on any atom is -0.496 e. The Kier molecular flexibility index (Phi) is 6.35. The molecule has 2 aliphatic rings. The summed E-state index contributed by atoms with van der Waals surface area (Å²) in [5, 5.41) is 0. The zero-order chi connectivity index (χ0) is 22.0. The number of carbonyl (C=O) groups is 2. The first kappa shape index (κ1) is 21.5. The van der Waals surface area contributed by atoms with Crippen LogP contribution in [0, 0.1) is 5.92 Å². The predicted octanol–water partition coefficient (Wildman–Crippen LogP) is 3.86. The lowest BCUT2D eigenvalue weighted by atomic mass is 9.98. The van der Waals surface area contributed by atoms with Gasteiger partial charge in [-0.2, -0.15) is 0 Å². The maximum Gasteiger partial charge on any atom is 0.243 e. The molecule has 1 atom stereocenters. The van der Waals surface area contributed by atoms with Gasteiger partial charge in [-0.1, -0.05) is 31.0 Å². The van der Waals surface area contributed by atoms with E-state index in [1.54, 1.807) is 12.0 Å². The van der Waals surface area contributed by atoms with Crippen LogP contribution >= 0.6 is 0 Å². The van der Waals surface area contributed by atoms with Gasteiger partial charge >= 0.3 is 0 Å². The molecule has 4 rings (SSSR count). The Morgan fingerprint density at radius 3 is 2.55 bits per heavy atom. The second-order valence-electron chi connectivity index (χ2n) is 8.90. The van der Waals surface area contributed by atoms with Crippen molar-refractivity contribution < 1.29 is 14.3 Å². The molecule has 2 amide bonds. The first-order valence-corrected chi connectivity index (χ1v) is 11.4. The van der Waals surface area contributed by atoms with Gasteiger partial charge in [0.25, 0.3) is 0 Å². The average Bonchev–Trinajstić information content (AvgIpc) is 3.48. The molecular formula is C25H33N3O3. The standard InChI is InChI=1S/C25H33N3O3/c1-18(2)28(25(30)19-9-4-5-10-19)17-23(29)27-16-15-26-14-8-12-21(26)24(27)20-11-6-7-13-22(20)31-3/h6-8,11-14,18-19,24H,4-5,9-10,15-17H2,1-3H3. The molecule has 1 fully saturated rings. The lowest BCUT2D eigenvalue weighted by Gasteiger charge is -2.39. The van der Waals surface area contributed by atoms with Crippen LogP contribution in [0.15, 0.2) is 42.6 Å². The number of aromatic nitrogens is 1. The number of carbonyl (C=O) groups excluding carboxylic acids is 2. The molecule has 2 aromatic rings. The topological polar surface area (TPSA) is 54.8 Å². The molecule has 31 heavy (non-hydrogen) atoms. The van der Waals surface area contributed by atoms with Crippen molar-refractivity contribution in [2.24, 2.45) is 5.92 Å². The minimum absolute atomic E-state index is 0.00425. The summed E-state index contributed by atoms with van der Waals surface area (Å²) in [6.45, 7) is 5.47. The van der Waals surface area contributed by atoms with Crippen molar-refractivity contribution in [3.05, 3.63) is 53.9 Å². The Labute approximate surface area is 184 Å². The quantitative estimate of drug-likeness (QED) is 0.709. The number of fused-ring (bicyclic) bond motifs is 1. The van der Waals surface area contributed by atoms with Crippen LogP contribution in [-0.4, -0.2) is 52.4 Å². The Bertz CT molecular complexity index is 930. The van der Waals surface area contributed by atoms with Crippen LogP contribution in [0.5, 0.6) is 5.75 Å². The number of para-hydroxylation sites is 1. The third kappa shape index (κ3) is 4.21. The maximum absolute atomic E-state index is 13.6. The number of benzene rings is 1. The number of methoxy groups -OCH3 is 1. The number of rotatable bonds is 6. The SMILES string of the molecule is COc1ccccc1C1c2cccn2CCN1C(=O)CN(C(=O)C1CCCC1)C(C)C. The Balaban J connectivity index is 1.63. The predicted molar refractivity (Wildman–Crippen MR) is 120 cm³/mol. The smallest absolute Gasteiger partial charge is 0.243 e. The van der Waals surface area contributed by atoms with Crippen molar-refractivity contribution in [2.45, 2.75) is 58.2 Å². The van der Waals surface area contributed by atoms with Gasteiger partial charge in [-0.05, 0) is 44.9 Å². The molecular weight excluding hydrogens is 390 g/mol. The number of ether oxygens (including phenoxy) is 1. The van der Waals surface area contributed by atoms with E-state index in [0.717, 1.165) is 49.2 Å². The van der Waals surface area contributed by atoms with Crippen molar-refractivity contribution in [3.63, 3.8) is 0 Å². The number of hydrogen-bond donors (Lipinski definition) is 0. The molecule has 6 nitrogen and oxygen atoms in total. The maximum atomic E-state index is 13.6. The molecule has 0 radical (unpaired) electrons. The van der Waals surface area contributed by atoms with E-state index in [-0.39, 0.29) is 36.4 Å². The fraction of sp³-hybridized carbons (Fsp3) is 0.520. The van der Waals surface area contributed by atoms with Gasteiger partial charge in [-0.15, -0.1) is 0 Å². The second-order valence-corrected chi connectivity index (χ2v) is 8.90. The Morgan fingerprint density at radius 1 is 1.10 bits per heavy atom. The minimum atomic E-state index is -0.233. The molecule has 166 valence electrons. The average molecular weight is 424 g/mol. The molecule has 0 saturated heterocycles. The van der Waals surface area contributed by atoms with E-state index in [1.165, 1.54) is 0 Å². The van der Waals surface area contributed by atoms with Crippen molar-refractivity contribution in [1.29, 1.82) is 0 Å². The largest absolute Gasteiger partial charge is 0.496 e. The van der Waals surface area contributed by atoms with Gasteiger partial charge in [0, 0.05) is 42.5 Å². The van der Waals surface area contributed by atoms with E-state index in [1.807, 2.05) is 49.1 Å². The fourth-order valence-corrected chi connectivity index (χ4v) is 5.03. The summed E-state index contributed by atoms with van der Waals surface area (Å²) < 4.78 is 7.83. The lowest BCUT2D eigenvalue weighted by molar-refractivity contribution is -0.145. The summed E-state index contributed by atoms with van der Waals surface area (Å²) >= 11 is 0. The van der Waals surface area contributed by atoms with Gasteiger partial charge < -0.3 is 19.1 Å². The molecule has 1 unspecified atom stereocenters. The number of nitrogens with zero attached hydrogens (tertiary/aromatic N) is 3. The molecule has 1 aromatic carbocycles. The van der Waals surface area contributed by atoms with Crippen LogP contribution < -0.4 is 4.74 Å². The number of hydrogen-bond acceptors (Lipinski definition) is 3. The van der Waals surface area contributed by atoms with Gasteiger partial charge in [-0.25, -0.2) is 0 Å². The van der Waals surface area contributed by atoms with Crippen LogP contribution in [0.2, 0.25) is 0 Å². The van der Waals surface area contributed by atoms with Gasteiger partial charge in [0.2, 0.25) is 11.8 Å². The van der Waals surface area contributed by atoms with E-state index in [9.17, 15) is 9.59 Å². The van der Waals surface area contributed by atoms with Crippen LogP contribution in [0.25, 0.3) is 0 Å². The number of amides is 2. The lowest BCUT2D eigenvalue weighted by Crippen LogP contribution is -2.50. The first-order chi connectivity index (χ1) is 15.0. The van der Waals surface area contributed by atoms with Gasteiger partial charge in [0.15, 0.2) is 0 Å². The normalized spacial score (nSPS) is 18.8. The zero-order valence-corrected chi connectivity index (χ0v) is 18.8. The second kappa shape index (κ2) is 9.16. The Hall–Kier alpha value is -2.76. The summed E-state index contributed by atoms with van der Waals surface area (Å²) in [6.07, 6.45) is 6.16. The van der Waals surface area contributed by atoms with Crippen LogP contribution in [0.4, 0.5) is 0 Å². The molecule has 6 heteroatoms. The van der Waals surface area contributed by atoms with E-state index in [0.29, 0.717) is 6.54 Å². The fourth-order valence-electron chi connectivity index (χ4n) is 5.03. The monoisotopic (exact) mass is 423 g/mol. The van der Waals surface area contributed by atoms with E-state index < -0.39 is 0 Å². The molecule has 1 saturated carbocycles. The molecule has 0 N–H and O–H groups in total. The van der Waals surface area contributed by atoms with E-state index in [4.69, 9.17) is 4.74 Å². The highest BCUT2D eigenvalue weighted by molar-refractivity contribution is 5.87. The summed E-state index contributed by atoms with van der Waals surface area (Å²) in [7, 11) is 1.66. The van der Waals surface area contributed by atoms with Crippen molar-refractivity contribution in [1.82, 2.24) is 14.4 Å². The molecule has 2 heterocycles. The summed E-state index contributed by atoms with van der Waals surface area (Å²) in [4.78, 5) is 30.5. The summed E-state index contributed by atoms with van der Waals surface area (Å²) in [6, 6.07) is 11.7. The van der Waals surface area contributed by atoms with Gasteiger partial charge in [0.1, 0.15) is 18.3 Å². The van der Waals surface area contributed by atoms with Crippen molar-refractivity contribution >= 4 is 11.8 Å². The van der Waals surface area contributed by atoms with Crippen molar-refractivity contribution in [3.8, 4) is 5.75 Å². The molecule has 0 spiro atoms. The van der Waals surface area contributed by atoms with E-state index in [2.05, 4.69) is 16.8 Å². The summed E-state index contributed by atoms with van der Waals surface area (Å²) in [5.41, 5.74) is 2.04. The highest BCUT2D eigenvalue weighted by Gasteiger charge is 2.36. The van der Waals surface area contributed by atoms with Crippen molar-refractivity contribution in [2.75, 3.05) is 20.2 Å². The first-order valence-electron chi connectivity index (χ1n) is 11.4. The third-order valence-corrected chi connectivity index (χ3v) is 6.71. The summed E-state index contributed by atoms with van der Waals surface area (Å²) in [5.74, 6) is 0.958. The molecule has 1 aliphatic heterocycles. The van der Waals surface area contributed by atoms with Crippen LogP contribution in [-0.2, 0) is 16.1 Å². The van der Waals surface area contributed by atoms with Crippen LogP contribution in [0.1, 0.15) is 56.8 Å². The molecule has 1 aliphatic carbocycles. The third-order valence-electron chi connectivity index (χ3n) is 6.71. The molecule has 0 bridgehead atoms.